The summed E-state index contributed by atoms with van der Waals surface area (Å²) >= 11 is 7.25. The highest BCUT2D eigenvalue weighted by Crippen LogP contribution is 2.25. The second-order valence-electron chi connectivity index (χ2n) is 4.07. The van der Waals surface area contributed by atoms with E-state index in [4.69, 9.17) is 16.3 Å². The first-order chi connectivity index (χ1) is 10.1. The van der Waals surface area contributed by atoms with Crippen molar-refractivity contribution >= 4 is 39.3 Å². The van der Waals surface area contributed by atoms with Gasteiger partial charge in [0.25, 0.3) is 0 Å². The number of carbonyl (C=O) groups is 1. The van der Waals surface area contributed by atoms with E-state index in [2.05, 4.69) is 14.9 Å². The number of carbonyl (C=O) groups excluding carboxylic acids is 1. The lowest BCUT2D eigenvalue weighted by Crippen LogP contribution is -2.08. The molecule has 0 saturated heterocycles. The second kappa shape index (κ2) is 7.19. The van der Waals surface area contributed by atoms with Crippen LogP contribution < -0.4 is 5.43 Å². The number of hydrazone groups is 1. The summed E-state index contributed by atoms with van der Waals surface area (Å²) in [5, 5.41) is 4.89. The molecule has 0 radical (unpaired) electrons. The van der Waals surface area contributed by atoms with Gasteiger partial charge in [0, 0.05) is 5.56 Å². The third kappa shape index (κ3) is 3.80. The topological polar surface area (TPSA) is 63.6 Å². The predicted molar refractivity (Wildman–Crippen MR) is 85.3 cm³/mol. The summed E-state index contributed by atoms with van der Waals surface area (Å²) in [6.45, 7) is 3.81. The molecule has 0 bridgehead atoms. The lowest BCUT2D eigenvalue weighted by molar-refractivity contribution is 0.0527. The van der Waals surface area contributed by atoms with Gasteiger partial charge in [0.1, 0.15) is 10.6 Å². The summed E-state index contributed by atoms with van der Waals surface area (Å²) in [4.78, 5) is 11.9. The Kier molecular flexibility index (Phi) is 5.30. The van der Waals surface area contributed by atoms with Crippen LogP contribution in [0.2, 0.25) is 0 Å². The first-order valence-corrected chi connectivity index (χ1v) is 7.46. The number of hydrogen-bond acceptors (Lipinski definition) is 6. The zero-order chi connectivity index (χ0) is 15.2. The molecule has 110 valence electrons. The van der Waals surface area contributed by atoms with Crippen molar-refractivity contribution < 1.29 is 9.53 Å². The number of anilines is 1. The van der Waals surface area contributed by atoms with E-state index in [1.54, 1.807) is 13.8 Å². The number of nitrogens with one attached hydrogen (secondary N) is 1. The molecule has 0 saturated carbocycles. The average molecular weight is 324 g/mol. The summed E-state index contributed by atoms with van der Waals surface area (Å²) in [7, 11) is 0. The van der Waals surface area contributed by atoms with Crippen LogP contribution >= 0.6 is 23.1 Å². The number of esters is 1. The van der Waals surface area contributed by atoms with Crippen LogP contribution in [0.15, 0.2) is 35.4 Å². The van der Waals surface area contributed by atoms with E-state index in [1.807, 2.05) is 30.3 Å². The van der Waals surface area contributed by atoms with Crippen molar-refractivity contribution in [2.24, 2.45) is 5.10 Å². The molecule has 5 nitrogen and oxygen atoms in total. The largest absolute Gasteiger partial charge is 0.462 e. The van der Waals surface area contributed by atoms with Gasteiger partial charge in [-0.25, -0.2) is 4.79 Å². The fraction of sp³-hybridized carbons (Fsp3) is 0.214. The number of benzene rings is 1. The van der Waals surface area contributed by atoms with Gasteiger partial charge in [0.2, 0.25) is 0 Å². The van der Waals surface area contributed by atoms with E-state index in [9.17, 15) is 4.79 Å². The summed E-state index contributed by atoms with van der Waals surface area (Å²) in [5.41, 5.74) is 4.56. The minimum Gasteiger partial charge on any atom is -0.462 e. The molecule has 0 aliphatic rings. The maximum Gasteiger partial charge on any atom is 0.343 e. The number of nitrogens with zero attached hydrogens (tertiary/aromatic N) is 2. The standard InChI is InChI=1S/C14H14ClN3O2S/c1-3-20-14(19)11-9(2)18-21-13(11)17-16-12(15)10-7-5-4-6-8-10/h4-8,17H,3H2,1-2H3/b16-12-. The molecule has 0 atom stereocenters. The van der Waals surface area contributed by atoms with E-state index >= 15 is 0 Å². The van der Waals surface area contributed by atoms with E-state index in [0.29, 0.717) is 28.0 Å². The maximum absolute atomic E-state index is 11.9. The van der Waals surface area contributed by atoms with E-state index < -0.39 is 5.97 Å². The van der Waals surface area contributed by atoms with Gasteiger partial charge < -0.3 is 4.74 Å². The molecule has 1 heterocycles. The van der Waals surface area contributed by atoms with Gasteiger partial charge in [-0.15, -0.1) is 0 Å². The monoisotopic (exact) mass is 323 g/mol. The Hall–Kier alpha value is -1.92. The van der Waals surface area contributed by atoms with Gasteiger partial charge in [-0.2, -0.15) is 9.47 Å². The Balaban J connectivity index is 2.19. The van der Waals surface area contributed by atoms with Crippen LogP contribution in [0.5, 0.6) is 0 Å². The lowest BCUT2D eigenvalue weighted by Gasteiger charge is -2.04. The van der Waals surface area contributed by atoms with Crippen molar-refractivity contribution in [3.63, 3.8) is 0 Å². The van der Waals surface area contributed by atoms with Gasteiger partial charge in [-0.3, -0.25) is 5.43 Å². The molecular formula is C14H14ClN3O2S. The zero-order valence-corrected chi connectivity index (χ0v) is 13.2. The molecule has 0 aliphatic carbocycles. The molecule has 0 fully saturated rings. The second-order valence-corrected chi connectivity index (χ2v) is 5.20. The zero-order valence-electron chi connectivity index (χ0n) is 11.6. The van der Waals surface area contributed by atoms with Crippen LogP contribution in [0.25, 0.3) is 0 Å². The Morgan fingerprint density at radius 3 is 2.81 bits per heavy atom. The number of rotatable bonds is 5. The van der Waals surface area contributed by atoms with Crippen molar-refractivity contribution in [1.29, 1.82) is 0 Å². The Labute approximate surface area is 131 Å². The smallest absolute Gasteiger partial charge is 0.343 e. The van der Waals surface area contributed by atoms with Gasteiger partial charge >= 0.3 is 5.97 Å². The fourth-order valence-corrected chi connectivity index (χ4v) is 2.53. The predicted octanol–water partition coefficient (Wildman–Crippen LogP) is 3.64. The van der Waals surface area contributed by atoms with Crippen LogP contribution in [-0.2, 0) is 4.74 Å². The maximum atomic E-state index is 11.9. The molecule has 2 aromatic rings. The van der Waals surface area contributed by atoms with Crippen LogP contribution in [0.1, 0.15) is 28.5 Å². The van der Waals surface area contributed by atoms with Crippen molar-refractivity contribution in [3.05, 3.63) is 47.2 Å². The normalized spacial score (nSPS) is 11.3. The summed E-state index contributed by atoms with van der Waals surface area (Å²) in [6.07, 6.45) is 0. The highest BCUT2D eigenvalue weighted by Gasteiger charge is 2.19. The first kappa shape index (κ1) is 15.5. The molecule has 0 spiro atoms. The minimum absolute atomic E-state index is 0.302. The quantitative estimate of drug-likeness (QED) is 0.518. The molecule has 1 N–H and O–H groups in total. The third-order valence-corrected chi connectivity index (χ3v) is 3.76. The van der Waals surface area contributed by atoms with E-state index in [0.717, 1.165) is 17.1 Å². The third-order valence-electron chi connectivity index (χ3n) is 2.61. The van der Waals surface area contributed by atoms with Crippen LogP contribution in [0.4, 0.5) is 5.00 Å². The number of ether oxygens (including phenoxy) is 1. The Morgan fingerprint density at radius 1 is 1.43 bits per heavy atom. The molecule has 1 aromatic carbocycles. The highest BCUT2D eigenvalue weighted by atomic mass is 35.5. The fourth-order valence-electron chi connectivity index (χ4n) is 1.63. The van der Waals surface area contributed by atoms with E-state index in [-0.39, 0.29) is 0 Å². The van der Waals surface area contributed by atoms with Crippen molar-refractivity contribution in [2.75, 3.05) is 12.0 Å². The molecule has 0 aliphatic heterocycles. The van der Waals surface area contributed by atoms with Gasteiger partial charge in [-0.1, -0.05) is 41.9 Å². The molecule has 0 unspecified atom stereocenters. The lowest BCUT2D eigenvalue weighted by atomic mass is 10.2. The number of aromatic nitrogens is 1. The Bertz CT molecular complexity index is 655. The molecule has 0 amide bonds. The van der Waals surface area contributed by atoms with Crippen LogP contribution in [0, 0.1) is 6.92 Å². The molecule has 2 rings (SSSR count). The summed E-state index contributed by atoms with van der Waals surface area (Å²) in [6, 6.07) is 9.32. The molecular weight excluding hydrogens is 310 g/mol. The van der Waals surface area contributed by atoms with Gasteiger partial charge in [0.15, 0.2) is 5.17 Å². The van der Waals surface area contributed by atoms with Crippen LogP contribution in [0.3, 0.4) is 0 Å². The van der Waals surface area contributed by atoms with E-state index in [1.165, 1.54) is 0 Å². The molecule has 1 aromatic heterocycles. The van der Waals surface area contributed by atoms with Crippen molar-refractivity contribution in [2.45, 2.75) is 13.8 Å². The SMILES string of the molecule is CCOC(=O)c1c(C)nsc1N/N=C(\Cl)c1ccccc1. The highest BCUT2D eigenvalue weighted by molar-refractivity contribution is 7.10. The van der Waals surface area contributed by atoms with Gasteiger partial charge in [-0.05, 0) is 25.4 Å². The summed E-state index contributed by atoms with van der Waals surface area (Å²) < 4.78 is 9.14. The first-order valence-electron chi connectivity index (χ1n) is 6.31. The van der Waals surface area contributed by atoms with Crippen molar-refractivity contribution in [3.8, 4) is 0 Å². The van der Waals surface area contributed by atoms with Crippen LogP contribution in [-0.4, -0.2) is 22.1 Å². The number of hydrogen-bond donors (Lipinski definition) is 1. The minimum atomic E-state index is -0.419. The number of aryl methyl sites for hydroxylation is 1. The average Bonchev–Trinajstić information content (AvgIpc) is 2.87. The molecule has 21 heavy (non-hydrogen) atoms. The van der Waals surface area contributed by atoms with Gasteiger partial charge in [0.05, 0.1) is 12.3 Å². The Morgan fingerprint density at radius 2 is 2.14 bits per heavy atom. The number of halogens is 1. The van der Waals surface area contributed by atoms with Crippen molar-refractivity contribution in [1.82, 2.24) is 4.37 Å². The summed E-state index contributed by atoms with van der Waals surface area (Å²) in [5.74, 6) is -0.419. The molecule has 7 heteroatoms.